The maximum atomic E-state index is 13.0. The third kappa shape index (κ3) is 5.02. The molecule has 0 radical (unpaired) electrons. The number of carbonyl (C=O) groups is 1. The Morgan fingerprint density at radius 2 is 2.13 bits per heavy atom. The number of hydrogen-bond acceptors (Lipinski definition) is 7. The van der Waals surface area contributed by atoms with E-state index in [0.717, 1.165) is 4.88 Å². The molecule has 0 aromatic carbocycles. The van der Waals surface area contributed by atoms with Crippen molar-refractivity contribution in [2.24, 2.45) is 5.92 Å². The number of nitrogens with one attached hydrogen (secondary N) is 1. The number of aromatic nitrogens is 3. The normalized spacial score (nSPS) is 17.8. The first-order chi connectivity index (χ1) is 14.4. The third-order valence-electron chi connectivity index (χ3n) is 4.72. The van der Waals surface area contributed by atoms with Crippen molar-refractivity contribution < 1.29 is 18.0 Å². The predicted octanol–water partition coefficient (Wildman–Crippen LogP) is 4.54. The highest BCUT2D eigenvalue weighted by atomic mass is 32.1. The number of likely N-dealkylation sites (tertiary alicyclic amines) is 1. The second kappa shape index (κ2) is 8.78. The molecule has 4 heterocycles. The van der Waals surface area contributed by atoms with Gasteiger partial charge in [-0.15, -0.1) is 22.7 Å². The molecule has 1 aliphatic heterocycles. The second-order valence-electron chi connectivity index (χ2n) is 6.94. The number of piperidine rings is 1. The first-order valence-corrected chi connectivity index (χ1v) is 11.1. The van der Waals surface area contributed by atoms with Gasteiger partial charge >= 0.3 is 6.18 Å². The molecule has 11 heteroatoms. The number of carbonyl (C=O) groups excluding carboxylic acids is 1. The Labute approximate surface area is 178 Å². The minimum absolute atomic E-state index is 0.106. The molecular weight excluding hydrogens is 435 g/mol. The number of thiophene rings is 1. The third-order valence-corrected chi connectivity index (χ3v) is 6.38. The van der Waals surface area contributed by atoms with Crippen molar-refractivity contribution in [3.8, 4) is 21.4 Å². The predicted molar refractivity (Wildman–Crippen MR) is 110 cm³/mol. The van der Waals surface area contributed by atoms with Crippen molar-refractivity contribution >= 4 is 34.4 Å². The Kier molecular flexibility index (Phi) is 6.11. The molecule has 0 saturated carbocycles. The number of rotatable bonds is 5. The van der Waals surface area contributed by atoms with Crippen LogP contribution in [-0.4, -0.2) is 51.6 Å². The summed E-state index contributed by atoms with van der Waals surface area (Å²) in [5.41, 5.74) is 0.578. The molecule has 6 nitrogen and oxygen atoms in total. The van der Waals surface area contributed by atoms with Gasteiger partial charge in [-0.1, -0.05) is 6.07 Å². The molecule has 1 fully saturated rings. The summed E-state index contributed by atoms with van der Waals surface area (Å²) >= 11 is 2.89. The van der Waals surface area contributed by atoms with Crippen LogP contribution in [0.25, 0.3) is 21.4 Å². The highest BCUT2D eigenvalue weighted by molar-refractivity contribution is 7.13. The van der Waals surface area contributed by atoms with E-state index in [2.05, 4.69) is 20.3 Å². The largest absolute Gasteiger partial charge is 0.393 e. The molecular formula is C19H18F3N5OS2. The van der Waals surface area contributed by atoms with Gasteiger partial charge < -0.3 is 5.32 Å². The van der Waals surface area contributed by atoms with Gasteiger partial charge in [0.25, 0.3) is 0 Å². The van der Waals surface area contributed by atoms with Gasteiger partial charge in [-0.2, -0.15) is 13.2 Å². The molecule has 3 aromatic rings. The van der Waals surface area contributed by atoms with Crippen LogP contribution < -0.4 is 5.32 Å². The average molecular weight is 454 g/mol. The first kappa shape index (κ1) is 20.9. The fourth-order valence-corrected chi connectivity index (χ4v) is 4.59. The van der Waals surface area contributed by atoms with Crippen LogP contribution in [0.5, 0.6) is 0 Å². The molecule has 0 aliphatic carbocycles. The van der Waals surface area contributed by atoms with E-state index in [1.54, 1.807) is 17.2 Å². The lowest BCUT2D eigenvalue weighted by Crippen LogP contribution is -2.44. The minimum atomic E-state index is -4.24. The molecule has 0 bridgehead atoms. The van der Waals surface area contributed by atoms with Crippen LogP contribution in [0.3, 0.4) is 0 Å². The summed E-state index contributed by atoms with van der Waals surface area (Å²) < 4.78 is 39.0. The highest BCUT2D eigenvalue weighted by Crippen LogP contribution is 2.33. The summed E-state index contributed by atoms with van der Waals surface area (Å²) in [6.07, 6.45) is -2.05. The Hall–Kier alpha value is -2.37. The second-order valence-corrected chi connectivity index (χ2v) is 8.78. The summed E-state index contributed by atoms with van der Waals surface area (Å²) in [5, 5.41) is 7.14. The van der Waals surface area contributed by atoms with E-state index in [9.17, 15) is 18.0 Å². The number of thiazole rings is 1. The smallest absolute Gasteiger partial charge is 0.309 e. The molecule has 4 rings (SSSR count). The van der Waals surface area contributed by atoms with Crippen LogP contribution >= 0.6 is 22.7 Å². The molecule has 1 amide bonds. The zero-order valence-corrected chi connectivity index (χ0v) is 17.4. The van der Waals surface area contributed by atoms with Crippen LogP contribution in [-0.2, 0) is 4.79 Å². The zero-order chi connectivity index (χ0) is 21.1. The van der Waals surface area contributed by atoms with Gasteiger partial charge in [-0.3, -0.25) is 9.69 Å². The monoisotopic (exact) mass is 453 g/mol. The van der Waals surface area contributed by atoms with E-state index >= 15 is 0 Å². The van der Waals surface area contributed by atoms with Crippen LogP contribution in [0.2, 0.25) is 0 Å². The summed E-state index contributed by atoms with van der Waals surface area (Å²) in [7, 11) is 0. The van der Waals surface area contributed by atoms with Crippen LogP contribution in [0.15, 0.2) is 35.2 Å². The van der Waals surface area contributed by atoms with Crippen molar-refractivity contribution in [2.45, 2.75) is 19.0 Å². The van der Waals surface area contributed by atoms with Crippen molar-refractivity contribution in [1.29, 1.82) is 0 Å². The number of alkyl halides is 3. The van der Waals surface area contributed by atoms with Gasteiger partial charge in [0.15, 0.2) is 5.82 Å². The molecule has 0 spiro atoms. The molecule has 30 heavy (non-hydrogen) atoms. The van der Waals surface area contributed by atoms with Crippen molar-refractivity contribution in [1.82, 2.24) is 19.9 Å². The van der Waals surface area contributed by atoms with Crippen molar-refractivity contribution in [3.05, 3.63) is 35.2 Å². The lowest BCUT2D eigenvalue weighted by Gasteiger charge is -2.33. The Morgan fingerprint density at radius 1 is 1.27 bits per heavy atom. The summed E-state index contributed by atoms with van der Waals surface area (Å²) in [6, 6.07) is 5.38. The van der Waals surface area contributed by atoms with E-state index in [4.69, 9.17) is 0 Å². The molecule has 1 unspecified atom stereocenters. The topological polar surface area (TPSA) is 71.0 Å². The summed E-state index contributed by atoms with van der Waals surface area (Å²) in [4.78, 5) is 28.1. The van der Waals surface area contributed by atoms with Crippen molar-refractivity contribution in [2.75, 3.05) is 25.0 Å². The van der Waals surface area contributed by atoms with Gasteiger partial charge in [0.1, 0.15) is 16.5 Å². The van der Waals surface area contributed by atoms with Crippen LogP contribution in [0.1, 0.15) is 12.8 Å². The van der Waals surface area contributed by atoms with E-state index in [1.165, 1.54) is 22.7 Å². The van der Waals surface area contributed by atoms with Gasteiger partial charge in [-0.05, 0) is 30.8 Å². The van der Waals surface area contributed by atoms with E-state index in [0.29, 0.717) is 35.3 Å². The molecule has 1 aliphatic rings. The first-order valence-electron chi connectivity index (χ1n) is 9.30. The van der Waals surface area contributed by atoms with Gasteiger partial charge in [0.05, 0.1) is 17.3 Å². The number of halogens is 3. The van der Waals surface area contributed by atoms with Crippen molar-refractivity contribution in [3.63, 3.8) is 0 Å². The standard InChI is InChI=1S/C19H18F3N5OS2/c20-19(21,22)12-3-1-6-27(10-12)11-16(28)25-15-9-13(18-23-5-8-30-18)24-17(26-15)14-4-2-7-29-14/h2,4-5,7-9,12H,1,3,6,10-11H2,(H,24,25,26,28). The molecule has 158 valence electrons. The fraction of sp³-hybridized carbons (Fsp3) is 0.368. The van der Waals surface area contributed by atoms with Gasteiger partial charge in [-0.25, -0.2) is 15.0 Å². The number of anilines is 1. The van der Waals surface area contributed by atoms with E-state index in [1.807, 2.05) is 22.9 Å². The van der Waals surface area contributed by atoms with E-state index < -0.39 is 18.0 Å². The summed E-state index contributed by atoms with van der Waals surface area (Å²) in [5.74, 6) is -1.03. The average Bonchev–Trinajstić information content (AvgIpc) is 3.41. The molecule has 1 N–H and O–H groups in total. The number of hydrogen-bond donors (Lipinski definition) is 1. The fourth-order valence-electron chi connectivity index (χ4n) is 3.34. The molecule has 1 atom stereocenters. The summed E-state index contributed by atoms with van der Waals surface area (Å²) in [6.45, 7) is 0.192. The van der Waals surface area contributed by atoms with Crippen LogP contribution in [0, 0.1) is 5.92 Å². The van der Waals surface area contributed by atoms with Crippen LogP contribution in [0.4, 0.5) is 19.0 Å². The lowest BCUT2D eigenvalue weighted by molar-refractivity contribution is -0.186. The Bertz CT molecular complexity index is 940. The Balaban J connectivity index is 1.50. The Morgan fingerprint density at radius 3 is 2.83 bits per heavy atom. The zero-order valence-electron chi connectivity index (χ0n) is 15.7. The van der Waals surface area contributed by atoms with Gasteiger partial charge in [0, 0.05) is 24.2 Å². The van der Waals surface area contributed by atoms with E-state index in [-0.39, 0.29) is 19.5 Å². The lowest BCUT2D eigenvalue weighted by atomic mass is 9.97. The molecule has 1 saturated heterocycles. The minimum Gasteiger partial charge on any atom is -0.309 e. The maximum absolute atomic E-state index is 13.0. The highest BCUT2D eigenvalue weighted by Gasteiger charge is 2.41. The van der Waals surface area contributed by atoms with Gasteiger partial charge in [0.2, 0.25) is 5.91 Å². The number of nitrogens with zero attached hydrogens (tertiary/aromatic N) is 4. The number of amides is 1. The SMILES string of the molecule is O=C(CN1CCCC(C(F)(F)F)C1)Nc1cc(-c2nccs2)nc(-c2cccs2)n1. The molecule has 3 aromatic heterocycles. The quantitative estimate of drug-likeness (QED) is 0.614. The maximum Gasteiger partial charge on any atom is 0.393 e.